The number of nitrogens with one attached hydrogen (secondary N) is 1. The zero-order valence-electron chi connectivity index (χ0n) is 11.6. The Balaban J connectivity index is 2.11. The number of aromatic nitrogens is 1. The molecular formula is C15H16ClN3O2. The van der Waals surface area contributed by atoms with Gasteiger partial charge in [0.2, 0.25) is 0 Å². The van der Waals surface area contributed by atoms with Crippen molar-refractivity contribution in [2.24, 2.45) is 5.73 Å². The summed E-state index contributed by atoms with van der Waals surface area (Å²) in [5.41, 5.74) is 7.43. The lowest BCUT2D eigenvalue weighted by atomic mass is 10.1. The molecule has 110 valence electrons. The number of methoxy groups -OCH3 is 1. The number of rotatable bonds is 5. The fourth-order valence-electron chi connectivity index (χ4n) is 1.90. The molecule has 1 aromatic heterocycles. The minimum absolute atomic E-state index is 0.214. The molecule has 21 heavy (non-hydrogen) atoms. The maximum Gasteiger partial charge on any atom is 0.251 e. The van der Waals surface area contributed by atoms with Crippen LogP contribution in [0.3, 0.4) is 0 Å². The van der Waals surface area contributed by atoms with Crippen LogP contribution in [0.4, 0.5) is 0 Å². The minimum atomic E-state index is -0.214. The highest BCUT2D eigenvalue weighted by Gasteiger charge is 2.11. The summed E-state index contributed by atoms with van der Waals surface area (Å²) in [4.78, 5) is 16.2. The molecule has 1 amide bonds. The Bertz CT molecular complexity index is 647. The molecule has 0 aliphatic carbocycles. The topological polar surface area (TPSA) is 77.2 Å². The average Bonchev–Trinajstić information content (AvgIpc) is 2.53. The number of halogens is 1. The second-order valence-corrected chi connectivity index (χ2v) is 4.75. The van der Waals surface area contributed by atoms with Crippen LogP contribution in [0.15, 0.2) is 36.5 Å². The van der Waals surface area contributed by atoms with E-state index in [9.17, 15) is 4.79 Å². The van der Waals surface area contributed by atoms with Gasteiger partial charge >= 0.3 is 0 Å². The standard InChI is InChI=1S/C15H16ClN3O2/c1-21-14-4-2-3-13(16)12(14)9-19-15(20)10-5-6-18-11(7-10)8-17/h2-7H,8-9,17H2,1H3,(H,19,20). The minimum Gasteiger partial charge on any atom is -0.496 e. The molecule has 0 saturated heterocycles. The predicted octanol–water partition coefficient (Wildman–Crippen LogP) is 2.13. The van der Waals surface area contributed by atoms with Crippen molar-refractivity contribution in [3.05, 3.63) is 58.4 Å². The van der Waals surface area contributed by atoms with Gasteiger partial charge in [0, 0.05) is 35.4 Å². The van der Waals surface area contributed by atoms with Crippen molar-refractivity contribution in [1.82, 2.24) is 10.3 Å². The highest BCUT2D eigenvalue weighted by molar-refractivity contribution is 6.31. The van der Waals surface area contributed by atoms with Gasteiger partial charge in [0.05, 0.1) is 12.8 Å². The van der Waals surface area contributed by atoms with Gasteiger partial charge in [-0.3, -0.25) is 9.78 Å². The number of ether oxygens (including phenoxy) is 1. The van der Waals surface area contributed by atoms with Crippen molar-refractivity contribution in [3.63, 3.8) is 0 Å². The number of carbonyl (C=O) groups excluding carboxylic acids is 1. The summed E-state index contributed by atoms with van der Waals surface area (Å²) in [6.07, 6.45) is 1.56. The van der Waals surface area contributed by atoms with E-state index in [2.05, 4.69) is 10.3 Å². The summed E-state index contributed by atoms with van der Waals surface area (Å²) in [5.74, 6) is 0.425. The molecule has 5 nitrogen and oxygen atoms in total. The number of hydrogen-bond acceptors (Lipinski definition) is 4. The Morgan fingerprint density at radius 2 is 2.24 bits per heavy atom. The normalized spacial score (nSPS) is 10.2. The largest absolute Gasteiger partial charge is 0.496 e. The van der Waals surface area contributed by atoms with Crippen molar-refractivity contribution in [2.45, 2.75) is 13.1 Å². The van der Waals surface area contributed by atoms with Gasteiger partial charge in [0.15, 0.2) is 0 Å². The van der Waals surface area contributed by atoms with E-state index in [1.54, 1.807) is 43.6 Å². The van der Waals surface area contributed by atoms with Gasteiger partial charge in [-0.25, -0.2) is 0 Å². The molecular weight excluding hydrogens is 290 g/mol. The lowest BCUT2D eigenvalue weighted by Crippen LogP contribution is -2.23. The van der Waals surface area contributed by atoms with Crippen LogP contribution < -0.4 is 15.8 Å². The van der Waals surface area contributed by atoms with Gasteiger partial charge in [0.1, 0.15) is 5.75 Å². The second kappa shape index (κ2) is 7.06. The third kappa shape index (κ3) is 3.71. The predicted molar refractivity (Wildman–Crippen MR) is 81.3 cm³/mol. The lowest BCUT2D eigenvalue weighted by Gasteiger charge is -2.11. The van der Waals surface area contributed by atoms with Gasteiger partial charge in [-0.05, 0) is 24.3 Å². The fourth-order valence-corrected chi connectivity index (χ4v) is 2.14. The number of amides is 1. The molecule has 0 saturated carbocycles. The molecule has 0 radical (unpaired) electrons. The summed E-state index contributed by atoms with van der Waals surface area (Å²) in [7, 11) is 1.56. The van der Waals surface area contributed by atoms with E-state index < -0.39 is 0 Å². The number of pyridine rings is 1. The Morgan fingerprint density at radius 1 is 1.43 bits per heavy atom. The molecule has 0 bridgehead atoms. The van der Waals surface area contributed by atoms with Crippen LogP contribution in [-0.4, -0.2) is 18.0 Å². The molecule has 0 atom stereocenters. The molecule has 1 heterocycles. The van der Waals surface area contributed by atoms with Crippen LogP contribution >= 0.6 is 11.6 Å². The number of nitrogens with two attached hydrogens (primary N) is 1. The Kier molecular flexibility index (Phi) is 5.14. The van der Waals surface area contributed by atoms with Crippen LogP contribution in [0.5, 0.6) is 5.75 Å². The highest BCUT2D eigenvalue weighted by atomic mass is 35.5. The van der Waals surface area contributed by atoms with Gasteiger partial charge in [0.25, 0.3) is 5.91 Å². The highest BCUT2D eigenvalue weighted by Crippen LogP contribution is 2.25. The molecule has 0 aliphatic heterocycles. The van der Waals surface area contributed by atoms with Crippen LogP contribution in [0.2, 0.25) is 5.02 Å². The molecule has 0 spiro atoms. The van der Waals surface area contributed by atoms with E-state index in [1.165, 1.54) is 0 Å². The third-order valence-electron chi connectivity index (χ3n) is 3.01. The summed E-state index contributed by atoms with van der Waals surface area (Å²) in [5, 5.41) is 3.36. The monoisotopic (exact) mass is 305 g/mol. The SMILES string of the molecule is COc1cccc(Cl)c1CNC(=O)c1ccnc(CN)c1. The molecule has 0 aliphatic rings. The summed E-state index contributed by atoms with van der Waals surface area (Å²) in [6.45, 7) is 0.571. The van der Waals surface area contributed by atoms with Crippen molar-refractivity contribution < 1.29 is 9.53 Å². The number of hydrogen-bond donors (Lipinski definition) is 2. The fraction of sp³-hybridized carbons (Fsp3) is 0.200. The lowest BCUT2D eigenvalue weighted by molar-refractivity contribution is 0.0950. The molecule has 2 rings (SSSR count). The van der Waals surface area contributed by atoms with Gasteiger partial charge in [-0.15, -0.1) is 0 Å². The first-order chi connectivity index (χ1) is 10.2. The van der Waals surface area contributed by atoms with Crippen LogP contribution in [0.1, 0.15) is 21.6 Å². The maximum absolute atomic E-state index is 12.1. The number of benzene rings is 1. The Morgan fingerprint density at radius 3 is 2.95 bits per heavy atom. The van der Waals surface area contributed by atoms with E-state index >= 15 is 0 Å². The zero-order chi connectivity index (χ0) is 15.2. The third-order valence-corrected chi connectivity index (χ3v) is 3.36. The summed E-state index contributed by atoms with van der Waals surface area (Å²) in [6, 6.07) is 8.65. The molecule has 6 heteroatoms. The zero-order valence-corrected chi connectivity index (χ0v) is 12.4. The first-order valence-corrected chi connectivity index (χ1v) is 6.78. The van der Waals surface area contributed by atoms with Crippen LogP contribution in [0, 0.1) is 0 Å². The number of carbonyl (C=O) groups is 1. The van der Waals surface area contributed by atoms with E-state index in [0.29, 0.717) is 28.6 Å². The van der Waals surface area contributed by atoms with Gasteiger partial charge in [-0.2, -0.15) is 0 Å². The van der Waals surface area contributed by atoms with Crippen LogP contribution in [-0.2, 0) is 13.1 Å². The van der Waals surface area contributed by atoms with E-state index in [0.717, 1.165) is 5.56 Å². The average molecular weight is 306 g/mol. The maximum atomic E-state index is 12.1. The first kappa shape index (κ1) is 15.3. The van der Waals surface area contributed by atoms with Crippen molar-refractivity contribution in [1.29, 1.82) is 0 Å². The van der Waals surface area contributed by atoms with Crippen LogP contribution in [0.25, 0.3) is 0 Å². The van der Waals surface area contributed by atoms with Crippen molar-refractivity contribution in [2.75, 3.05) is 7.11 Å². The van der Waals surface area contributed by atoms with Crippen molar-refractivity contribution in [3.8, 4) is 5.75 Å². The molecule has 1 aromatic carbocycles. The second-order valence-electron chi connectivity index (χ2n) is 4.34. The molecule has 0 fully saturated rings. The quantitative estimate of drug-likeness (QED) is 0.887. The molecule has 2 aromatic rings. The van der Waals surface area contributed by atoms with Crippen molar-refractivity contribution >= 4 is 17.5 Å². The Labute approximate surface area is 128 Å². The van der Waals surface area contributed by atoms with E-state index in [1.807, 2.05) is 0 Å². The molecule has 3 N–H and O–H groups in total. The van der Waals surface area contributed by atoms with Gasteiger partial charge < -0.3 is 15.8 Å². The first-order valence-electron chi connectivity index (χ1n) is 6.40. The van der Waals surface area contributed by atoms with E-state index in [4.69, 9.17) is 22.1 Å². The Hall–Kier alpha value is -2.11. The summed E-state index contributed by atoms with van der Waals surface area (Å²) < 4.78 is 5.24. The smallest absolute Gasteiger partial charge is 0.251 e. The summed E-state index contributed by atoms with van der Waals surface area (Å²) >= 11 is 6.13. The van der Waals surface area contributed by atoms with E-state index in [-0.39, 0.29) is 12.5 Å². The number of nitrogens with zero attached hydrogens (tertiary/aromatic N) is 1. The van der Waals surface area contributed by atoms with Gasteiger partial charge in [-0.1, -0.05) is 17.7 Å². The molecule has 0 unspecified atom stereocenters.